The summed E-state index contributed by atoms with van der Waals surface area (Å²) in [6.07, 6.45) is -5.04. The van der Waals surface area contributed by atoms with Crippen LogP contribution in [0.3, 0.4) is 0 Å². The average molecular weight is 706 g/mol. The molecule has 5 rings (SSSR count). The first-order valence-corrected chi connectivity index (χ1v) is 17.5. The van der Waals surface area contributed by atoms with Crippen LogP contribution < -0.4 is 10.1 Å². The summed E-state index contributed by atoms with van der Waals surface area (Å²) in [6.45, 7) is 5.08. The minimum atomic E-state index is -4.47. The Morgan fingerprint density at radius 2 is 1.66 bits per heavy atom. The molecule has 1 aliphatic heterocycles. The molecule has 1 aliphatic rings. The number of para-hydroxylation sites is 1. The molecule has 0 saturated heterocycles. The number of fused-ring (bicyclic) bond motifs is 1. The molecule has 2 amide bonds. The van der Waals surface area contributed by atoms with Crippen LogP contribution in [0.4, 0.5) is 18.9 Å². The lowest BCUT2D eigenvalue weighted by molar-refractivity contribution is -0.137. The van der Waals surface area contributed by atoms with Crippen LogP contribution in [0, 0.1) is 5.92 Å². The lowest BCUT2D eigenvalue weighted by atomic mass is 9.98. The zero-order chi connectivity index (χ0) is 35.8. The van der Waals surface area contributed by atoms with E-state index in [1.165, 1.54) is 22.6 Å². The number of nitrogens with zero attached hydrogens (tertiary/aromatic N) is 2. The van der Waals surface area contributed by atoms with Crippen LogP contribution in [-0.4, -0.2) is 65.6 Å². The maximum Gasteiger partial charge on any atom is 0.416 e. The lowest BCUT2D eigenvalue weighted by Crippen LogP contribution is -2.49. The van der Waals surface area contributed by atoms with Gasteiger partial charge in [-0.05, 0) is 67.1 Å². The number of amides is 2. The Kier molecular flexibility index (Phi) is 12.3. The average Bonchev–Trinajstić information content (AvgIpc) is 3.09. The number of likely N-dealkylation sites (N-methyl/N-ethyl adjacent to an activating group) is 1. The van der Waals surface area contributed by atoms with Gasteiger partial charge in [0.2, 0.25) is 5.91 Å². The molecule has 4 aromatic carbocycles. The summed E-state index contributed by atoms with van der Waals surface area (Å²) in [6, 6.07) is 27.7. The number of anilines is 1. The number of rotatable bonds is 12. The third kappa shape index (κ3) is 9.68. The second-order valence-electron chi connectivity index (χ2n) is 12.8. The van der Waals surface area contributed by atoms with E-state index >= 15 is 0 Å². The molecule has 0 unspecified atom stereocenters. The number of hydrogen-bond acceptors (Lipinski definition) is 6. The van der Waals surface area contributed by atoms with Gasteiger partial charge in [-0.3, -0.25) is 14.5 Å². The predicted molar refractivity (Wildman–Crippen MR) is 190 cm³/mol. The number of nitrogens with one attached hydrogen (secondary N) is 1. The molecule has 7 nitrogen and oxygen atoms in total. The van der Waals surface area contributed by atoms with E-state index in [0.29, 0.717) is 25.2 Å². The van der Waals surface area contributed by atoms with Crippen LogP contribution >= 0.6 is 11.8 Å². The second-order valence-corrected chi connectivity index (χ2v) is 13.9. The molecule has 11 heteroatoms. The summed E-state index contributed by atoms with van der Waals surface area (Å²) in [5.74, 6) is 0.173. The van der Waals surface area contributed by atoms with Crippen molar-refractivity contribution in [1.29, 1.82) is 0 Å². The molecule has 0 fully saturated rings. The Labute approximate surface area is 295 Å². The van der Waals surface area contributed by atoms with Crippen molar-refractivity contribution in [3.63, 3.8) is 0 Å². The number of alkyl halides is 3. The molecule has 0 bridgehead atoms. The van der Waals surface area contributed by atoms with Gasteiger partial charge in [0, 0.05) is 36.2 Å². The first-order valence-electron chi connectivity index (χ1n) is 16.5. The number of ether oxygens (including phenoxy) is 1. The Hall–Kier alpha value is -4.32. The topological polar surface area (TPSA) is 82.1 Å². The minimum absolute atomic E-state index is 0.142. The summed E-state index contributed by atoms with van der Waals surface area (Å²) in [4.78, 5) is 31.9. The van der Waals surface area contributed by atoms with Crippen LogP contribution in [0.5, 0.6) is 5.75 Å². The largest absolute Gasteiger partial charge is 0.486 e. The van der Waals surface area contributed by atoms with Gasteiger partial charge in [-0.1, -0.05) is 67.6 Å². The zero-order valence-electron chi connectivity index (χ0n) is 28.3. The van der Waals surface area contributed by atoms with Gasteiger partial charge in [-0.25, -0.2) is 0 Å². The highest BCUT2D eigenvalue weighted by Gasteiger charge is 2.35. The third-order valence-corrected chi connectivity index (χ3v) is 9.81. The van der Waals surface area contributed by atoms with Crippen LogP contribution in [0.25, 0.3) is 0 Å². The minimum Gasteiger partial charge on any atom is -0.486 e. The molecular formula is C39H42F3N3O4S. The van der Waals surface area contributed by atoms with Gasteiger partial charge in [0.05, 0.1) is 35.9 Å². The molecule has 3 atom stereocenters. The molecule has 0 spiro atoms. The lowest BCUT2D eigenvalue weighted by Gasteiger charge is -2.38. The van der Waals surface area contributed by atoms with Crippen molar-refractivity contribution in [2.45, 2.75) is 55.8 Å². The Balaban J connectivity index is 1.31. The van der Waals surface area contributed by atoms with Gasteiger partial charge in [0.25, 0.3) is 5.91 Å². The Morgan fingerprint density at radius 3 is 2.32 bits per heavy atom. The molecule has 50 heavy (non-hydrogen) atoms. The van der Waals surface area contributed by atoms with E-state index in [-0.39, 0.29) is 41.9 Å². The normalized spacial score (nSPS) is 17.0. The van der Waals surface area contributed by atoms with Crippen molar-refractivity contribution in [2.75, 3.05) is 32.1 Å². The summed E-state index contributed by atoms with van der Waals surface area (Å²) < 4.78 is 45.7. The highest BCUT2D eigenvalue weighted by molar-refractivity contribution is 7.98. The van der Waals surface area contributed by atoms with E-state index in [1.807, 2.05) is 32.2 Å². The van der Waals surface area contributed by atoms with Gasteiger partial charge in [-0.2, -0.15) is 13.2 Å². The van der Waals surface area contributed by atoms with E-state index < -0.39 is 29.8 Å². The predicted octanol–water partition coefficient (Wildman–Crippen LogP) is 7.53. The van der Waals surface area contributed by atoms with E-state index in [0.717, 1.165) is 23.4 Å². The number of carbonyl (C=O) groups is 2. The highest BCUT2D eigenvalue weighted by atomic mass is 32.2. The van der Waals surface area contributed by atoms with Crippen molar-refractivity contribution < 1.29 is 32.6 Å². The summed E-state index contributed by atoms with van der Waals surface area (Å²) in [7, 11) is 2.00. The molecule has 264 valence electrons. The molecule has 2 N–H and O–H groups in total. The van der Waals surface area contributed by atoms with E-state index in [2.05, 4.69) is 46.6 Å². The van der Waals surface area contributed by atoms with Crippen LogP contribution in [0.2, 0.25) is 0 Å². The highest BCUT2D eigenvalue weighted by Crippen LogP contribution is 2.35. The summed E-state index contributed by atoms with van der Waals surface area (Å²) in [5, 5.41) is 12.8. The smallest absolute Gasteiger partial charge is 0.416 e. The maximum absolute atomic E-state index is 13.8. The van der Waals surface area contributed by atoms with Crippen molar-refractivity contribution >= 4 is 29.3 Å². The van der Waals surface area contributed by atoms with Crippen LogP contribution in [-0.2, 0) is 29.7 Å². The third-order valence-electron chi connectivity index (χ3n) is 8.73. The van der Waals surface area contributed by atoms with Gasteiger partial charge in [-0.15, -0.1) is 11.8 Å². The van der Waals surface area contributed by atoms with Crippen molar-refractivity contribution in [3.05, 3.63) is 125 Å². The molecule has 0 aliphatic carbocycles. The van der Waals surface area contributed by atoms with Crippen molar-refractivity contribution in [2.24, 2.45) is 5.92 Å². The van der Waals surface area contributed by atoms with Crippen molar-refractivity contribution in [3.8, 4) is 5.75 Å². The zero-order valence-corrected chi connectivity index (χ0v) is 29.1. The number of benzene rings is 4. The number of hydrogen-bond donors (Lipinski definition) is 2. The summed E-state index contributed by atoms with van der Waals surface area (Å²) in [5.41, 5.74) is 2.56. The fourth-order valence-electron chi connectivity index (χ4n) is 5.87. The standard InChI is InChI=1S/C39H42F3N3O4S/c1-26-21-45(27(2)24-46)38(48)33-10-7-11-34(43-36(47)20-28-12-16-31(17-13-28)39(40,41)42)37(33)49-35(26)23-44(3)22-29-14-18-32(19-15-29)50-25-30-8-5-4-6-9-30/h4-19,26-27,35,46H,20-25H2,1-3H3,(H,43,47)/t26-,27+,35-/m1/s1. The van der Waals surface area contributed by atoms with E-state index in [1.54, 1.807) is 41.8 Å². The Morgan fingerprint density at radius 1 is 0.980 bits per heavy atom. The molecule has 0 saturated carbocycles. The number of aliphatic hydroxyl groups excluding tert-OH is 1. The molecule has 1 heterocycles. The monoisotopic (exact) mass is 705 g/mol. The second kappa shape index (κ2) is 16.6. The number of aliphatic hydroxyl groups is 1. The molecule has 4 aromatic rings. The van der Waals surface area contributed by atoms with Gasteiger partial charge >= 0.3 is 6.18 Å². The molecular weight excluding hydrogens is 664 g/mol. The van der Waals surface area contributed by atoms with Gasteiger partial charge in [0.1, 0.15) is 6.10 Å². The Bertz CT molecular complexity index is 1740. The van der Waals surface area contributed by atoms with E-state index in [4.69, 9.17) is 4.74 Å². The van der Waals surface area contributed by atoms with Crippen LogP contribution in [0.15, 0.2) is 102 Å². The van der Waals surface area contributed by atoms with E-state index in [9.17, 15) is 27.9 Å². The SMILES string of the molecule is C[C@@H]1CN([C@@H](C)CO)C(=O)c2cccc(NC(=O)Cc3ccc(C(F)(F)F)cc3)c2O[C@@H]1CN(C)Cc1ccc(SCc2ccccc2)cc1. The van der Waals surface area contributed by atoms with Gasteiger partial charge < -0.3 is 20.1 Å². The first kappa shape index (κ1) is 36.9. The fourth-order valence-corrected chi connectivity index (χ4v) is 6.72. The first-order chi connectivity index (χ1) is 23.9. The molecule has 0 radical (unpaired) electrons. The van der Waals surface area contributed by atoms with Crippen molar-refractivity contribution in [1.82, 2.24) is 9.80 Å². The fraction of sp³-hybridized carbons (Fsp3) is 0.333. The number of carbonyl (C=O) groups excluding carboxylic acids is 2. The number of halogens is 3. The van der Waals surface area contributed by atoms with Gasteiger partial charge in [0.15, 0.2) is 5.75 Å². The maximum atomic E-state index is 13.8. The van der Waals surface area contributed by atoms with Crippen LogP contribution in [0.1, 0.15) is 46.5 Å². The quantitative estimate of drug-likeness (QED) is 0.148. The summed E-state index contributed by atoms with van der Waals surface area (Å²) >= 11 is 1.78. The molecule has 0 aromatic heterocycles. The number of thioether (sulfide) groups is 1.